The Balaban J connectivity index is 1.95. The van der Waals surface area contributed by atoms with Crippen LogP contribution in [0.25, 0.3) is 0 Å². The van der Waals surface area contributed by atoms with Crippen LogP contribution in [0.15, 0.2) is 36.9 Å². The first-order chi connectivity index (χ1) is 13.2. The van der Waals surface area contributed by atoms with Crippen LogP contribution in [-0.4, -0.2) is 40.4 Å². The maximum Gasteiger partial charge on any atom is 0.412 e. The Labute approximate surface area is 164 Å². The molecule has 0 saturated heterocycles. The van der Waals surface area contributed by atoms with Gasteiger partial charge in [-0.1, -0.05) is 0 Å². The van der Waals surface area contributed by atoms with Gasteiger partial charge in [0.2, 0.25) is 0 Å². The fourth-order valence-corrected chi connectivity index (χ4v) is 2.43. The molecule has 1 atom stereocenters. The van der Waals surface area contributed by atoms with Crippen molar-refractivity contribution in [2.75, 3.05) is 17.7 Å². The van der Waals surface area contributed by atoms with Gasteiger partial charge < -0.3 is 24.7 Å². The minimum absolute atomic E-state index is 0.0933. The molecular weight excluding hydrogens is 362 g/mol. The number of anilines is 2. The van der Waals surface area contributed by atoms with Gasteiger partial charge in [-0.05, 0) is 39.8 Å². The van der Waals surface area contributed by atoms with Gasteiger partial charge in [0.05, 0.1) is 19.1 Å². The molecule has 1 heterocycles. The Bertz CT molecular complexity index is 799. The number of amides is 3. The lowest BCUT2D eigenvalue weighted by Gasteiger charge is -2.20. The number of hydrogen-bond acceptors (Lipinski definition) is 5. The Morgan fingerprint density at radius 3 is 2.61 bits per heavy atom. The molecule has 0 unspecified atom stereocenters. The standard InChI is InChI=1S/C19H27N5O4/c1-13(11-24-9-8-20-12-24)21-17(25)22-14-6-7-15(16(10-14)27-5)23-18(26)28-19(2,3)4/h6-10,12-13H,11H2,1-5H3,(H,23,26)(H2,21,22,25)/t13-/m1/s1. The highest BCUT2D eigenvalue weighted by Gasteiger charge is 2.18. The molecule has 0 bridgehead atoms. The molecule has 2 rings (SSSR count). The van der Waals surface area contributed by atoms with Crippen molar-refractivity contribution in [3.8, 4) is 5.75 Å². The van der Waals surface area contributed by atoms with E-state index < -0.39 is 11.7 Å². The van der Waals surface area contributed by atoms with Crippen molar-refractivity contribution in [3.05, 3.63) is 36.9 Å². The summed E-state index contributed by atoms with van der Waals surface area (Å²) in [4.78, 5) is 28.1. The lowest BCUT2D eigenvalue weighted by atomic mass is 10.2. The Morgan fingerprint density at radius 2 is 2.00 bits per heavy atom. The molecule has 0 spiro atoms. The lowest BCUT2D eigenvalue weighted by molar-refractivity contribution is 0.0635. The Morgan fingerprint density at radius 1 is 1.25 bits per heavy atom. The number of methoxy groups -OCH3 is 1. The largest absolute Gasteiger partial charge is 0.494 e. The van der Waals surface area contributed by atoms with Crippen LogP contribution in [0.5, 0.6) is 5.75 Å². The molecule has 9 nitrogen and oxygen atoms in total. The molecule has 0 aliphatic heterocycles. The number of aromatic nitrogens is 2. The molecule has 0 fully saturated rings. The van der Waals surface area contributed by atoms with Crippen LogP contribution in [0, 0.1) is 0 Å². The second-order valence-electron chi connectivity index (χ2n) is 7.30. The zero-order chi connectivity index (χ0) is 20.7. The van der Waals surface area contributed by atoms with E-state index in [4.69, 9.17) is 9.47 Å². The van der Waals surface area contributed by atoms with Gasteiger partial charge in [0.1, 0.15) is 11.4 Å². The van der Waals surface area contributed by atoms with Gasteiger partial charge in [-0.15, -0.1) is 0 Å². The molecule has 152 valence electrons. The fraction of sp³-hybridized carbons (Fsp3) is 0.421. The van der Waals surface area contributed by atoms with E-state index in [0.29, 0.717) is 23.7 Å². The van der Waals surface area contributed by atoms with E-state index >= 15 is 0 Å². The van der Waals surface area contributed by atoms with Gasteiger partial charge in [0.25, 0.3) is 0 Å². The highest BCUT2D eigenvalue weighted by atomic mass is 16.6. The minimum Gasteiger partial charge on any atom is -0.494 e. The zero-order valence-electron chi connectivity index (χ0n) is 16.8. The Kier molecular flexibility index (Phi) is 6.86. The summed E-state index contributed by atoms with van der Waals surface area (Å²) in [6.45, 7) is 7.85. The number of benzene rings is 1. The summed E-state index contributed by atoms with van der Waals surface area (Å²) < 4.78 is 12.4. The number of hydrogen-bond donors (Lipinski definition) is 3. The van der Waals surface area contributed by atoms with Crippen molar-refractivity contribution in [1.82, 2.24) is 14.9 Å². The second kappa shape index (κ2) is 9.12. The Hall–Kier alpha value is -3.23. The maximum absolute atomic E-state index is 12.2. The lowest BCUT2D eigenvalue weighted by Crippen LogP contribution is -2.38. The van der Waals surface area contributed by atoms with E-state index in [0.717, 1.165) is 0 Å². The van der Waals surface area contributed by atoms with Crippen LogP contribution in [0.1, 0.15) is 27.7 Å². The maximum atomic E-state index is 12.2. The number of imidazole rings is 1. The zero-order valence-corrected chi connectivity index (χ0v) is 16.8. The van der Waals surface area contributed by atoms with E-state index in [2.05, 4.69) is 20.9 Å². The quantitative estimate of drug-likeness (QED) is 0.702. The number of urea groups is 1. The number of carbonyl (C=O) groups excluding carboxylic acids is 2. The van der Waals surface area contributed by atoms with Crippen LogP contribution in [0.4, 0.5) is 21.0 Å². The molecule has 2 aromatic rings. The summed E-state index contributed by atoms with van der Waals surface area (Å²) in [5, 5.41) is 8.23. The molecule has 0 aliphatic rings. The molecule has 3 N–H and O–H groups in total. The smallest absolute Gasteiger partial charge is 0.412 e. The van der Waals surface area contributed by atoms with Gasteiger partial charge in [-0.2, -0.15) is 0 Å². The fourth-order valence-electron chi connectivity index (χ4n) is 2.43. The van der Waals surface area contributed by atoms with Gasteiger partial charge >= 0.3 is 12.1 Å². The monoisotopic (exact) mass is 389 g/mol. The molecule has 9 heteroatoms. The van der Waals surface area contributed by atoms with Crippen LogP contribution in [0.2, 0.25) is 0 Å². The second-order valence-corrected chi connectivity index (χ2v) is 7.30. The summed E-state index contributed by atoms with van der Waals surface area (Å²) >= 11 is 0. The van der Waals surface area contributed by atoms with Gasteiger partial charge in [-0.25, -0.2) is 14.6 Å². The van der Waals surface area contributed by atoms with Crippen molar-refractivity contribution in [2.45, 2.75) is 45.9 Å². The first kappa shape index (κ1) is 21.1. The van der Waals surface area contributed by atoms with Crippen molar-refractivity contribution in [1.29, 1.82) is 0 Å². The summed E-state index contributed by atoms with van der Waals surface area (Å²) in [5.74, 6) is 0.398. The van der Waals surface area contributed by atoms with E-state index in [1.807, 2.05) is 17.7 Å². The van der Waals surface area contributed by atoms with Crippen molar-refractivity contribution in [3.63, 3.8) is 0 Å². The molecule has 0 saturated carbocycles. The van der Waals surface area contributed by atoms with E-state index in [1.165, 1.54) is 7.11 Å². The third-order valence-corrected chi connectivity index (χ3v) is 3.52. The van der Waals surface area contributed by atoms with Crippen LogP contribution < -0.4 is 20.7 Å². The normalized spacial score (nSPS) is 12.0. The molecular formula is C19H27N5O4. The predicted octanol–water partition coefficient (Wildman–Crippen LogP) is 3.45. The molecule has 3 amide bonds. The highest BCUT2D eigenvalue weighted by molar-refractivity contribution is 5.92. The molecule has 1 aromatic heterocycles. The number of rotatable bonds is 6. The number of nitrogens with zero attached hydrogens (tertiary/aromatic N) is 2. The average molecular weight is 389 g/mol. The van der Waals surface area contributed by atoms with Crippen molar-refractivity contribution >= 4 is 23.5 Å². The summed E-state index contributed by atoms with van der Waals surface area (Å²) in [6.07, 6.45) is 4.62. The predicted molar refractivity (Wildman–Crippen MR) is 107 cm³/mol. The van der Waals surface area contributed by atoms with Gasteiger partial charge in [0, 0.05) is 36.7 Å². The summed E-state index contributed by atoms with van der Waals surface area (Å²) in [5.41, 5.74) is 0.361. The number of ether oxygens (including phenoxy) is 2. The SMILES string of the molecule is COc1cc(NC(=O)N[C@H](C)Cn2ccnc2)ccc1NC(=O)OC(C)(C)C. The first-order valence-electron chi connectivity index (χ1n) is 8.87. The third-order valence-electron chi connectivity index (χ3n) is 3.52. The summed E-state index contributed by atoms with van der Waals surface area (Å²) in [6, 6.07) is 4.47. The van der Waals surface area contributed by atoms with Crippen LogP contribution in [-0.2, 0) is 11.3 Å². The topological polar surface area (TPSA) is 107 Å². The number of nitrogens with one attached hydrogen (secondary N) is 3. The molecule has 0 aliphatic carbocycles. The molecule has 1 aromatic carbocycles. The van der Waals surface area contributed by atoms with Gasteiger partial charge in [-0.3, -0.25) is 5.32 Å². The van der Waals surface area contributed by atoms with Crippen LogP contribution >= 0.6 is 0 Å². The molecule has 0 radical (unpaired) electrons. The van der Waals surface area contributed by atoms with E-state index in [-0.39, 0.29) is 12.1 Å². The highest BCUT2D eigenvalue weighted by Crippen LogP contribution is 2.28. The van der Waals surface area contributed by atoms with E-state index in [1.54, 1.807) is 51.5 Å². The number of carbonyl (C=O) groups is 2. The first-order valence-corrected chi connectivity index (χ1v) is 8.87. The van der Waals surface area contributed by atoms with Crippen molar-refractivity contribution < 1.29 is 19.1 Å². The van der Waals surface area contributed by atoms with Gasteiger partial charge in [0.15, 0.2) is 0 Å². The minimum atomic E-state index is -0.607. The van der Waals surface area contributed by atoms with E-state index in [9.17, 15) is 9.59 Å². The molecule has 28 heavy (non-hydrogen) atoms. The van der Waals surface area contributed by atoms with Crippen LogP contribution in [0.3, 0.4) is 0 Å². The average Bonchev–Trinajstić information content (AvgIpc) is 3.07. The third kappa shape index (κ3) is 6.82. The van der Waals surface area contributed by atoms with Crippen molar-refractivity contribution in [2.24, 2.45) is 0 Å². The summed E-state index contributed by atoms with van der Waals surface area (Å²) in [7, 11) is 1.48.